The van der Waals surface area contributed by atoms with Gasteiger partial charge in [0, 0.05) is 63.7 Å². The van der Waals surface area contributed by atoms with Crippen LogP contribution in [0.5, 0.6) is 5.75 Å². The minimum absolute atomic E-state index is 0.0626. The lowest BCUT2D eigenvalue weighted by Gasteiger charge is -2.48. The summed E-state index contributed by atoms with van der Waals surface area (Å²) in [4.78, 5) is 32.1. The van der Waals surface area contributed by atoms with Crippen molar-refractivity contribution in [1.29, 1.82) is 0 Å². The second-order valence-electron chi connectivity index (χ2n) is 16.7. The zero-order valence-corrected chi connectivity index (χ0v) is 33.1. The third-order valence-electron chi connectivity index (χ3n) is 13.7. The molecule has 1 N–H and O–H groups in total. The predicted octanol–water partition coefficient (Wildman–Crippen LogP) is 5.57. The number of nitrogens with one attached hydrogen (secondary N) is 1. The first-order chi connectivity index (χ1) is 25.8. The molecule has 3 aliphatic carbocycles. The van der Waals surface area contributed by atoms with Gasteiger partial charge < -0.3 is 19.3 Å². The van der Waals surface area contributed by atoms with E-state index in [-0.39, 0.29) is 46.2 Å². The fourth-order valence-corrected chi connectivity index (χ4v) is 11.4. The van der Waals surface area contributed by atoms with E-state index in [1.807, 2.05) is 17.9 Å². The molecule has 1 spiro atoms. The van der Waals surface area contributed by atoms with Crippen LogP contribution in [0.3, 0.4) is 0 Å². The van der Waals surface area contributed by atoms with Gasteiger partial charge in [-0.05, 0) is 110 Å². The van der Waals surface area contributed by atoms with Crippen LogP contribution in [-0.2, 0) is 31.4 Å². The van der Waals surface area contributed by atoms with Crippen molar-refractivity contribution in [2.45, 2.75) is 76.1 Å². The maximum atomic E-state index is 15.5. The fraction of sp³-hybridized carbons (Fsp3) is 0.610. The molecule has 4 bridgehead atoms. The Hall–Kier alpha value is -3.19. The fourth-order valence-electron chi connectivity index (χ4n) is 9.87. The van der Waals surface area contributed by atoms with E-state index in [0.29, 0.717) is 50.0 Å². The Balaban J connectivity index is 1.13. The Morgan fingerprint density at radius 1 is 1.13 bits per heavy atom. The topological polar surface area (TPSA) is 108 Å². The third kappa shape index (κ3) is 6.94. The van der Waals surface area contributed by atoms with E-state index in [4.69, 9.17) is 21.1 Å². The lowest BCUT2D eigenvalue weighted by atomic mass is 9.64. The first-order valence-electron chi connectivity index (χ1n) is 19.7. The largest absolute Gasteiger partial charge is 0.490 e. The molecule has 54 heavy (non-hydrogen) atoms. The Kier molecular flexibility index (Phi) is 10.3. The van der Waals surface area contributed by atoms with Crippen molar-refractivity contribution >= 4 is 39.1 Å². The van der Waals surface area contributed by atoms with E-state index in [0.717, 1.165) is 76.1 Å². The number of sulfonamides is 1. The number of ether oxygens (including phenoxy) is 2. The molecule has 292 valence electrons. The van der Waals surface area contributed by atoms with Gasteiger partial charge in [0.05, 0.1) is 35.3 Å². The maximum absolute atomic E-state index is 15.5. The van der Waals surface area contributed by atoms with E-state index in [1.165, 1.54) is 5.57 Å². The molecule has 1 saturated heterocycles. The molecule has 7 aliphatic rings. The van der Waals surface area contributed by atoms with Crippen LogP contribution in [0.15, 0.2) is 42.0 Å². The van der Waals surface area contributed by atoms with Gasteiger partial charge in [-0.2, -0.15) is 0 Å². The Morgan fingerprint density at radius 2 is 1.91 bits per heavy atom. The van der Waals surface area contributed by atoms with Crippen LogP contribution in [-0.4, -0.2) is 100 Å². The van der Waals surface area contributed by atoms with Gasteiger partial charge in [-0.25, -0.2) is 17.5 Å². The summed E-state index contributed by atoms with van der Waals surface area (Å²) >= 11 is 6.28. The zero-order valence-electron chi connectivity index (χ0n) is 31.5. The van der Waals surface area contributed by atoms with E-state index >= 15 is 4.39 Å². The van der Waals surface area contributed by atoms with Crippen LogP contribution in [0.2, 0.25) is 5.02 Å². The number of allylic oxidation sites excluding steroid dienone is 1. The summed E-state index contributed by atoms with van der Waals surface area (Å²) < 4.78 is 58.6. The van der Waals surface area contributed by atoms with Gasteiger partial charge in [0.25, 0.3) is 5.91 Å². The molecule has 0 aromatic heterocycles. The lowest BCUT2D eigenvalue weighted by molar-refractivity contribution is -0.130. The number of benzene rings is 2. The van der Waals surface area contributed by atoms with Crippen LogP contribution in [0.25, 0.3) is 0 Å². The first kappa shape index (κ1) is 37.7. The molecule has 4 heterocycles. The summed E-state index contributed by atoms with van der Waals surface area (Å²) in [5.74, 6) is 0.131. The van der Waals surface area contributed by atoms with Crippen molar-refractivity contribution in [3.05, 3.63) is 69.5 Å². The van der Waals surface area contributed by atoms with E-state index < -0.39 is 26.6 Å². The highest BCUT2D eigenvalue weighted by Crippen LogP contribution is 2.50. The standard InChI is InChI=1S/C41H52ClFN4O6S/c1-25-26(2)54(50,51)44-40(49)28-7-11-37-36(21-28)47(23-41(24-53-37)12-4-5-33-34(41)9-10-35(42)38(33)43)22-29-6-8-32(29)39(31-19-30(25)20-31)52-18-17-45-13-15-46(16-14-45)27(3)48/h7,9-11,19,21,25-26,29-30,32,39H,4-6,8,12-18,20,22-24H2,1-3H3,(H,44,49)/t25-,26-,29+,30+,32-,39+,41+/m1/s1. The number of piperazine rings is 1. The molecule has 0 radical (unpaired) electrons. The molecule has 7 atom stereocenters. The molecule has 1 saturated carbocycles. The Morgan fingerprint density at radius 3 is 2.63 bits per heavy atom. The van der Waals surface area contributed by atoms with Crippen molar-refractivity contribution in [3.8, 4) is 5.75 Å². The van der Waals surface area contributed by atoms with Gasteiger partial charge in [0.2, 0.25) is 15.9 Å². The van der Waals surface area contributed by atoms with Crippen molar-refractivity contribution in [2.75, 3.05) is 63.9 Å². The first-order valence-corrected chi connectivity index (χ1v) is 21.6. The summed E-state index contributed by atoms with van der Waals surface area (Å²) in [6, 6.07) is 8.76. The van der Waals surface area contributed by atoms with Crippen LogP contribution in [0, 0.1) is 29.5 Å². The van der Waals surface area contributed by atoms with Crippen molar-refractivity contribution < 1.29 is 31.9 Å². The van der Waals surface area contributed by atoms with Crippen LogP contribution in [0.4, 0.5) is 10.1 Å². The number of nitrogens with zero attached hydrogens (tertiary/aromatic N) is 3. The molecule has 9 rings (SSSR count). The minimum atomic E-state index is -3.99. The number of carbonyl (C=O) groups excluding carboxylic acids is 2. The molecule has 13 heteroatoms. The quantitative estimate of drug-likeness (QED) is 0.402. The summed E-state index contributed by atoms with van der Waals surface area (Å²) in [6.45, 7) is 11.3. The summed E-state index contributed by atoms with van der Waals surface area (Å²) in [5.41, 5.74) is 3.27. The second kappa shape index (κ2) is 14.7. The van der Waals surface area contributed by atoms with E-state index in [1.54, 1.807) is 38.1 Å². The zero-order chi connectivity index (χ0) is 37.9. The Labute approximate surface area is 323 Å². The molecular formula is C41H52ClFN4O6S. The highest BCUT2D eigenvalue weighted by molar-refractivity contribution is 7.90. The van der Waals surface area contributed by atoms with Crippen LogP contribution < -0.4 is 14.4 Å². The second-order valence-corrected chi connectivity index (χ2v) is 19.1. The van der Waals surface area contributed by atoms with Gasteiger partial charge >= 0.3 is 0 Å². The number of anilines is 1. The highest BCUT2D eigenvalue weighted by atomic mass is 35.5. The number of halogens is 2. The van der Waals surface area contributed by atoms with Gasteiger partial charge in [-0.1, -0.05) is 30.7 Å². The molecule has 2 aromatic carbocycles. The summed E-state index contributed by atoms with van der Waals surface area (Å²) in [6.07, 6.45) is 7.16. The van der Waals surface area contributed by atoms with Crippen LogP contribution in [0.1, 0.15) is 74.4 Å². The predicted molar refractivity (Wildman–Crippen MR) is 206 cm³/mol. The van der Waals surface area contributed by atoms with Gasteiger partial charge in [0.1, 0.15) is 11.6 Å². The molecule has 4 aliphatic heterocycles. The monoisotopic (exact) mass is 782 g/mol. The van der Waals surface area contributed by atoms with Crippen molar-refractivity contribution in [2.24, 2.45) is 23.7 Å². The number of hydrogen-bond acceptors (Lipinski definition) is 8. The summed E-state index contributed by atoms with van der Waals surface area (Å²) in [5, 5.41) is -0.667. The SMILES string of the molecule is CC(=O)N1CCN(CCO[C@H]2C3=C[C@@H](C3)[C@H](C)[C@@H](C)S(=O)(=O)NC(=O)c3ccc4c(c3)N(C[C@@H]3CC[C@H]32)C[C@@]2(CCCc3c2ccc(Cl)c3F)CO4)CC1. The molecular weight excluding hydrogens is 731 g/mol. The Bertz CT molecular complexity index is 1950. The average molecular weight is 783 g/mol. The number of carbonyl (C=O) groups is 2. The minimum Gasteiger partial charge on any atom is -0.490 e. The van der Waals surface area contributed by atoms with Gasteiger partial charge in [-0.3, -0.25) is 14.5 Å². The molecule has 2 amide bonds. The number of rotatable bonds is 4. The van der Waals surface area contributed by atoms with Crippen molar-refractivity contribution in [1.82, 2.24) is 14.5 Å². The smallest absolute Gasteiger partial charge is 0.264 e. The number of hydrogen-bond donors (Lipinski definition) is 1. The lowest BCUT2D eigenvalue weighted by Crippen LogP contribution is -2.51. The van der Waals surface area contributed by atoms with Gasteiger partial charge in [0.15, 0.2) is 0 Å². The summed E-state index contributed by atoms with van der Waals surface area (Å²) in [7, 11) is -3.99. The van der Waals surface area contributed by atoms with E-state index in [2.05, 4.69) is 20.6 Å². The van der Waals surface area contributed by atoms with Gasteiger partial charge in [-0.15, -0.1) is 0 Å². The number of amides is 2. The highest BCUT2D eigenvalue weighted by Gasteiger charge is 2.47. The molecule has 2 aromatic rings. The van der Waals surface area contributed by atoms with Crippen molar-refractivity contribution in [3.63, 3.8) is 0 Å². The molecule has 10 nitrogen and oxygen atoms in total. The average Bonchev–Trinajstić information content (AvgIpc) is 3.27. The maximum Gasteiger partial charge on any atom is 0.264 e. The van der Waals surface area contributed by atoms with E-state index in [9.17, 15) is 18.0 Å². The normalized spacial score (nSPS) is 32.2. The molecule has 2 fully saturated rings. The van der Waals surface area contributed by atoms with Crippen LogP contribution >= 0.6 is 11.6 Å². The number of fused-ring (bicyclic) bond motifs is 6. The third-order valence-corrected chi connectivity index (χ3v) is 15.8. The molecule has 0 unspecified atom stereocenters.